The minimum Gasteiger partial charge on any atom is -0.497 e. The van der Waals surface area contributed by atoms with E-state index in [2.05, 4.69) is 10.2 Å². The smallest absolute Gasteiger partial charge is 0.265 e. The Morgan fingerprint density at radius 3 is 1.06 bits per heavy atom. The zero-order valence-electron chi connectivity index (χ0n) is 40.8. The fraction of sp³-hybridized carbons (Fsp3) is 0.380. The number of ketones is 1. The summed E-state index contributed by atoms with van der Waals surface area (Å²) in [6.07, 6.45) is 3.86. The van der Waals surface area contributed by atoms with Gasteiger partial charge in [0.05, 0.1) is 51.9 Å². The lowest BCUT2D eigenvalue weighted by atomic mass is 9.99. The van der Waals surface area contributed by atoms with E-state index < -0.39 is 52.8 Å². The van der Waals surface area contributed by atoms with Crippen LogP contribution in [0, 0.1) is 11.6 Å². The van der Waals surface area contributed by atoms with Crippen LogP contribution in [0.5, 0.6) is 23.0 Å². The zero-order chi connectivity index (χ0) is 50.7. The largest absolute Gasteiger partial charge is 0.497 e. The molecule has 0 N–H and O–H groups in total. The lowest BCUT2D eigenvalue weighted by Crippen LogP contribution is -2.32. The minimum atomic E-state index is -4.35. The first-order valence-electron chi connectivity index (χ1n) is 22.1. The highest BCUT2D eigenvalue weighted by Crippen LogP contribution is 2.30. The van der Waals surface area contributed by atoms with E-state index in [9.17, 15) is 26.0 Å². The standard InChI is InChI=1S/C25H30FN3O5S.C25H32FN3O4S/c1-18(30)14-25(2,3)29-17-23(26)24(27-29)35(31,32)28(15-19-6-10-21(33-4)11-7-19)16-20-8-12-22(34-5)13-9-20;1-6-15-25(2,3)29-18-23(26)24(27-29)34(30,31)28(16-19-7-11-21(32-4)12-8-19)17-20-9-13-22(33-5)14-10-20/h6-13,17H,14-16H2,1-5H3;7-14,18H,6,15-17H2,1-5H3. The van der Waals surface area contributed by atoms with Gasteiger partial charge in [-0.05, 0) is 112 Å². The van der Waals surface area contributed by atoms with Gasteiger partial charge >= 0.3 is 0 Å². The van der Waals surface area contributed by atoms with E-state index >= 15 is 4.39 Å². The molecular weight excluding hydrogens is 931 g/mol. The Morgan fingerprint density at radius 2 is 0.812 bits per heavy atom. The molecule has 0 atom stereocenters. The average Bonchev–Trinajstić information content (AvgIpc) is 3.94. The van der Waals surface area contributed by atoms with Gasteiger partial charge in [-0.15, -0.1) is 0 Å². The zero-order valence-corrected chi connectivity index (χ0v) is 42.4. The second kappa shape index (κ2) is 23.0. The first kappa shape index (κ1) is 53.8. The van der Waals surface area contributed by atoms with Crippen molar-refractivity contribution >= 4 is 25.8 Å². The fourth-order valence-electron chi connectivity index (χ4n) is 7.50. The summed E-state index contributed by atoms with van der Waals surface area (Å²) in [5.41, 5.74) is 1.46. The summed E-state index contributed by atoms with van der Waals surface area (Å²) in [5.74, 6) is 0.643. The fourth-order valence-corrected chi connectivity index (χ4v) is 10.2. The van der Waals surface area contributed by atoms with Gasteiger partial charge in [0.15, 0.2) is 11.6 Å². The van der Waals surface area contributed by atoms with Crippen molar-refractivity contribution in [3.05, 3.63) is 143 Å². The Morgan fingerprint density at radius 1 is 0.536 bits per heavy atom. The Labute approximate surface area is 404 Å². The maximum absolute atomic E-state index is 15.0. The number of carbonyl (C=O) groups excluding carboxylic acids is 1. The van der Waals surface area contributed by atoms with Crippen molar-refractivity contribution in [2.24, 2.45) is 0 Å². The van der Waals surface area contributed by atoms with Crippen LogP contribution in [0.15, 0.2) is 120 Å². The number of sulfonamides is 2. The van der Waals surface area contributed by atoms with Crippen LogP contribution in [0.4, 0.5) is 8.78 Å². The molecule has 0 spiro atoms. The molecule has 4 aromatic carbocycles. The number of hydrogen-bond acceptors (Lipinski definition) is 11. The van der Waals surface area contributed by atoms with E-state index in [4.69, 9.17) is 18.9 Å². The van der Waals surface area contributed by atoms with E-state index in [1.807, 2.05) is 20.8 Å². The molecule has 0 amide bonds. The molecule has 0 aliphatic heterocycles. The number of benzene rings is 4. The third-order valence-electron chi connectivity index (χ3n) is 11.3. The van der Waals surface area contributed by atoms with Crippen molar-refractivity contribution in [1.29, 1.82) is 0 Å². The van der Waals surface area contributed by atoms with Gasteiger partial charge < -0.3 is 18.9 Å². The number of rotatable bonds is 22. The summed E-state index contributed by atoms with van der Waals surface area (Å²) in [6.45, 7) is 10.7. The second-order valence-electron chi connectivity index (χ2n) is 17.6. The van der Waals surface area contributed by atoms with Gasteiger partial charge in [0.25, 0.3) is 20.0 Å². The highest BCUT2D eigenvalue weighted by atomic mass is 32.2. The van der Waals surface area contributed by atoms with Gasteiger partial charge in [-0.1, -0.05) is 61.9 Å². The van der Waals surface area contributed by atoms with Crippen LogP contribution in [0.1, 0.15) is 83.1 Å². The van der Waals surface area contributed by atoms with Crippen LogP contribution in [0.25, 0.3) is 0 Å². The molecule has 2 aromatic heterocycles. The summed E-state index contributed by atoms with van der Waals surface area (Å²) >= 11 is 0. The van der Waals surface area contributed by atoms with Crippen molar-refractivity contribution < 1.29 is 49.4 Å². The summed E-state index contributed by atoms with van der Waals surface area (Å²) in [6, 6.07) is 28.1. The molecular formula is C50H62F2N6O9S2. The molecule has 0 saturated carbocycles. The molecule has 0 unspecified atom stereocenters. The Bertz CT molecular complexity index is 2750. The van der Waals surface area contributed by atoms with Crippen LogP contribution >= 0.6 is 0 Å². The number of nitrogens with zero attached hydrogens (tertiary/aromatic N) is 6. The lowest BCUT2D eigenvalue weighted by molar-refractivity contribution is -0.118. The van der Waals surface area contributed by atoms with E-state index in [1.165, 1.54) is 31.1 Å². The third kappa shape index (κ3) is 13.8. The number of hydrogen-bond donors (Lipinski definition) is 0. The average molecular weight is 993 g/mol. The molecule has 2 heterocycles. The lowest BCUT2D eigenvalue weighted by Gasteiger charge is -2.25. The van der Waals surface area contributed by atoms with Crippen LogP contribution in [0.3, 0.4) is 0 Å². The molecule has 0 radical (unpaired) electrons. The van der Waals surface area contributed by atoms with Crippen molar-refractivity contribution in [1.82, 2.24) is 28.2 Å². The molecule has 0 bridgehead atoms. The van der Waals surface area contributed by atoms with Crippen molar-refractivity contribution in [3.63, 3.8) is 0 Å². The number of aromatic nitrogens is 4. The maximum atomic E-state index is 15.0. The van der Waals surface area contributed by atoms with Crippen LogP contribution in [0.2, 0.25) is 0 Å². The highest BCUT2D eigenvalue weighted by Gasteiger charge is 2.36. The topological polar surface area (TPSA) is 164 Å². The van der Waals surface area contributed by atoms with Crippen molar-refractivity contribution in [3.8, 4) is 23.0 Å². The Balaban J connectivity index is 0.000000258. The summed E-state index contributed by atoms with van der Waals surface area (Å²) in [4.78, 5) is 11.6. The van der Waals surface area contributed by atoms with Crippen LogP contribution in [-0.4, -0.2) is 79.2 Å². The molecule has 0 aliphatic rings. The normalized spacial score (nSPS) is 12.1. The molecule has 15 nitrogen and oxygen atoms in total. The monoisotopic (exact) mass is 992 g/mol. The molecule has 19 heteroatoms. The first-order chi connectivity index (χ1) is 32.6. The van der Waals surface area contributed by atoms with Crippen LogP contribution in [-0.2, 0) is 62.1 Å². The number of halogens is 2. The number of carbonyl (C=O) groups is 1. The van der Waals surface area contributed by atoms with Crippen molar-refractivity contribution in [2.45, 2.75) is 108 Å². The van der Waals surface area contributed by atoms with E-state index in [0.717, 1.165) is 30.2 Å². The SMILES string of the molecule is CCCC(C)(C)n1cc(F)c(S(=O)(=O)N(Cc2ccc(OC)cc2)Cc2ccc(OC)cc2)n1.COc1ccc(CN(Cc2ccc(OC)cc2)S(=O)(=O)c2nn(C(C)(C)CC(C)=O)cc2F)cc1. The third-order valence-corrected chi connectivity index (χ3v) is 14.7. The van der Waals surface area contributed by atoms with Gasteiger partial charge in [-0.25, -0.2) is 25.6 Å². The Hall–Kier alpha value is -6.15. The van der Waals surface area contributed by atoms with E-state index in [1.54, 1.807) is 139 Å². The predicted molar refractivity (Wildman–Crippen MR) is 258 cm³/mol. The summed E-state index contributed by atoms with van der Waals surface area (Å²) < 4.78 is 110. The minimum absolute atomic E-state index is 0.0124. The Kier molecular flexibility index (Phi) is 17.9. The number of ether oxygens (including phenoxy) is 4. The molecule has 372 valence electrons. The van der Waals surface area contributed by atoms with E-state index in [0.29, 0.717) is 34.1 Å². The van der Waals surface area contributed by atoms with Gasteiger partial charge in [0.1, 0.15) is 28.8 Å². The van der Waals surface area contributed by atoms with E-state index in [-0.39, 0.29) is 38.4 Å². The summed E-state index contributed by atoms with van der Waals surface area (Å²) in [7, 11) is -2.38. The summed E-state index contributed by atoms with van der Waals surface area (Å²) in [5, 5.41) is 7.03. The number of methoxy groups -OCH3 is 4. The van der Waals surface area contributed by atoms with Gasteiger partial charge in [-0.3, -0.25) is 14.2 Å². The van der Waals surface area contributed by atoms with Gasteiger partial charge in [0.2, 0.25) is 10.1 Å². The molecule has 0 fully saturated rings. The van der Waals surface area contributed by atoms with Gasteiger partial charge in [0, 0.05) is 32.6 Å². The van der Waals surface area contributed by atoms with Crippen LogP contribution < -0.4 is 18.9 Å². The predicted octanol–water partition coefficient (Wildman–Crippen LogP) is 9.11. The second-order valence-corrected chi connectivity index (χ2v) is 21.4. The molecule has 69 heavy (non-hydrogen) atoms. The van der Waals surface area contributed by atoms with Crippen molar-refractivity contribution in [2.75, 3.05) is 28.4 Å². The first-order valence-corrected chi connectivity index (χ1v) is 25.0. The molecule has 0 aliphatic carbocycles. The molecule has 6 aromatic rings. The maximum Gasteiger partial charge on any atom is 0.265 e. The molecule has 6 rings (SSSR count). The van der Waals surface area contributed by atoms with Gasteiger partial charge in [-0.2, -0.15) is 18.8 Å². The molecule has 0 saturated heterocycles. The number of Topliss-reactive ketones (excluding diaryl/α,β-unsaturated/α-hetero) is 1. The highest BCUT2D eigenvalue weighted by molar-refractivity contribution is 7.89. The quantitative estimate of drug-likeness (QED) is 0.0637.